The van der Waals surface area contributed by atoms with Gasteiger partial charge in [0, 0.05) is 17.4 Å². The van der Waals surface area contributed by atoms with E-state index in [2.05, 4.69) is 0 Å². The zero-order valence-electron chi connectivity index (χ0n) is 10.8. The van der Waals surface area contributed by atoms with Crippen molar-refractivity contribution in [2.75, 3.05) is 17.2 Å². The number of nitrogen functional groups attached to an aromatic ring is 3. The van der Waals surface area contributed by atoms with Gasteiger partial charge in [-0.3, -0.25) is 0 Å². The summed E-state index contributed by atoms with van der Waals surface area (Å²) in [6.45, 7) is 1.94. The minimum Gasteiger partial charge on any atom is -0.455 e. The van der Waals surface area contributed by atoms with E-state index < -0.39 is 0 Å². The Morgan fingerprint density at radius 3 is 2.00 bits per heavy atom. The van der Waals surface area contributed by atoms with Crippen molar-refractivity contribution in [3.8, 4) is 11.5 Å². The zero-order chi connectivity index (χ0) is 12.4. The number of hydrogen-bond acceptors (Lipinski definition) is 4. The molecule has 6 N–H and O–H groups in total. The van der Waals surface area contributed by atoms with Crippen LogP contribution in [0.5, 0.6) is 11.5 Å². The summed E-state index contributed by atoms with van der Waals surface area (Å²) >= 11 is 0. The minimum atomic E-state index is 0. The van der Waals surface area contributed by atoms with Gasteiger partial charge in [0.2, 0.25) is 0 Å². The van der Waals surface area contributed by atoms with Crippen molar-refractivity contribution in [2.24, 2.45) is 0 Å². The molecule has 20 heavy (non-hydrogen) atoms. The number of benzene rings is 2. The first-order chi connectivity index (χ1) is 8.06. The van der Waals surface area contributed by atoms with E-state index in [4.69, 9.17) is 21.9 Å². The number of halogens is 3. The number of anilines is 3. The highest BCUT2D eigenvalue weighted by Gasteiger charge is 2.03. The first kappa shape index (κ1) is 20.8. The van der Waals surface area contributed by atoms with Gasteiger partial charge in [0.15, 0.2) is 0 Å². The topological polar surface area (TPSA) is 87.3 Å². The maximum absolute atomic E-state index is 5.81. The van der Waals surface area contributed by atoms with Crippen molar-refractivity contribution >= 4 is 54.3 Å². The summed E-state index contributed by atoms with van der Waals surface area (Å²) in [7, 11) is 0. The van der Waals surface area contributed by atoms with Crippen molar-refractivity contribution in [2.45, 2.75) is 6.92 Å². The van der Waals surface area contributed by atoms with E-state index in [0.717, 1.165) is 5.56 Å². The van der Waals surface area contributed by atoms with Gasteiger partial charge >= 0.3 is 0 Å². The molecule has 0 aliphatic rings. The maximum atomic E-state index is 5.81. The van der Waals surface area contributed by atoms with Crippen molar-refractivity contribution in [1.82, 2.24) is 0 Å². The first-order valence-corrected chi connectivity index (χ1v) is 5.25. The lowest BCUT2D eigenvalue weighted by Crippen LogP contribution is -1.95. The van der Waals surface area contributed by atoms with Crippen LogP contribution in [-0.2, 0) is 0 Å². The Morgan fingerprint density at radius 2 is 1.45 bits per heavy atom. The van der Waals surface area contributed by atoms with E-state index in [-0.39, 0.29) is 37.2 Å². The third-order valence-electron chi connectivity index (χ3n) is 2.51. The lowest BCUT2D eigenvalue weighted by Gasteiger charge is -2.10. The molecule has 7 heteroatoms. The van der Waals surface area contributed by atoms with Gasteiger partial charge in [-0.2, -0.15) is 0 Å². The van der Waals surface area contributed by atoms with Crippen LogP contribution in [-0.4, -0.2) is 0 Å². The molecule has 0 heterocycles. The van der Waals surface area contributed by atoms with Crippen LogP contribution >= 0.6 is 37.2 Å². The van der Waals surface area contributed by atoms with E-state index in [1.165, 1.54) is 0 Å². The Kier molecular flexibility index (Phi) is 8.99. The smallest absolute Gasteiger partial charge is 0.150 e. The molecule has 2 aromatic rings. The molecule has 0 bridgehead atoms. The van der Waals surface area contributed by atoms with E-state index in [1.807, 2.05) is 19.1 Å². The molecule has 0 atom stereocenters. The van der Waals surface area contributed by atoms with E-state index in [0.29, 0.717) is 28.6 Å². The molecule has 0 radical (unpaired) electrons. The number of ether oxygens (including phenoxy) is 1. The number of rotatable bonds is 2. The molecule has 0 saturated carbocycles. The maximum Gasteiger partial charge on any atom is 0.150 e. The summed E-state index contributed by atoms with van der Waals surface area (Å²) in [6, 6.07) is 10.7. The van der Waals surface area contributed by atoms with Gasteiger partial charge in [-0.1, -0.05) is 6.07 Å². The molecular weight excluding hydrogens is 321 g/mol. The third kappa shape index (κ3) is 4.89. The van der Waals surface area contributed by atoms with E-state index in [9.17, 15) is 0 Å². The van der Waals surface area contributed by atoms with E-state index in [1.54, 1.807) is 24.3 Å². The average Bonchev–Trinajstić information content (AvgIpc) is 2.27. The predicted molar refractivity (Wildman–Crippen MR) is 92.7 cm³/mol. The van der Waals surface area contributed by atoms with Crippen molar-refractivity contribution < 1.29 is 4.74 Å². The predicted octanol–water partition coefficient (Wildman–Crippen LogP) is 3.80. The van der Waals surface area contributed by atoms with Gasteiger partial charge in [-0.25, -0.2) is 0 Å². The quantitative estimate of drug-likeness (QED) is 0.727. The second-order valence-corrected chi connectivity index (χ2v) is 3.92. The van der Waals surface area contributed by atoms with Crippen LogP contribution in [0.4, 0.5) is 17.1 Å². The van der Waals surface area contributed by atoms with Crippen LogP contribution in [0, 0.1) is 6.92 Å². The van der Waals surface area contributed by atoms with Crippen molar-refractivity contribution in [3.05, 3.63) is 42.0 Å². The molecule has 0 aromatic heterocycles. The summed E-state index contributed by atoms with van der Waals surface area (Å²) in [5.74, 6) is 1.23. The standard InChI is InChI=1S/C13H15N3O.3ClH/c1-8-2-4-10(7-11(8)15)17-13-5-3-9(14)6-12(13)16;;;/h2-7H,14-16H2,1H3;3*1H. The fourth-order valence-electron chi connectivity index (χ4n) is 1.47. The van der Waals surface area contributed by atoms with Crippen molar-refractivity contribution in [3.63, 3.8) is 0 Å². The lowest BCUT2D eigenvalue weighted by molar-refractivity contribution is 0.485. The first-order valence-electron chi connectivity index (χ1n) is 5.25. The largest absolute Gasteiger partial charge is 0.455 e. The number of aryl methyl sites for hydroxylation is 1. The van der Waals surface area contributed by atoms with Crippen LogP contribution in [0.25, 0.3) is 0 Å². The molecule has 0 spiro atoms. The minimum absolute atomic E-state index is 0. The SMILES string of the molecule is Cc1ccc(Oc2ccc(N)cc2N)cc1N.Cl.Cl.Cl. The summed E-state index contributed by atoms with van der Waals surface area (Å²) in [4.78, 5) is 0. The van der Waals surface area contributed by atoms with Crippen LogP contribution in [0.15, 0.2) is 36.4 Å². The molecule has 0 aliphatic carbocycles. The van der Waals surface area contributed by atoms with Crippen molar-refractivity contribution in [1.29, 1.82) is 0 Å². The normalized spacial score (nSPS) is 8.65. The highest BCUT2D eigenvalue weighted by molar-refractivity contribution is 5.86. The number of hydrogen-bond donors (Lipinski definition) is 3. The second-order valence-electron chi connectivity index (χ2n) is 3.92. The fraction of sp³-hybridized carbons (Fsp3) is 0.0769. The average molecular weight is 339 g/mol. The van der Waals surface area contributed by atoms with Gasteiger partial charge in [0.1, 0.15) is 11.5 Å². The monoisotopic (exact) mass is 337 g/mol. The molecule has 0 saturated heterocycles. The van der Waals surface area contributed by atoms with Gasteiger partial charge < -0.3 is 21.9 Å². The molecule has 0 fully saturated rings. The molecule has 0 aliphatic heterocycles. The Labute approximate surface area is 136 Å². The lowest BCUT2D eigenvalue weighted by atomic mass is 10.2. The molecule has 0 amide bonds. The molecule has 112 valence electrons. The van der Waals surface area contributed by atoms with Gasteiger partial charge in [-0.05, 0) is 36.8 Å². The Bertz CT molecular complexity index is 565. The highest BCUT2D eigenvalue weighted by Crippen LogP contribution is 2.30. The summed E-state index contributed by atoms with van der Waals surface area (Å²) in [6.07, 6.45) is 0. The Morgan fingerprint density at radius 1 is 0.800 bits per heavy atom. The highest BCUT2D eigenvalue weighted by atomic mass is 35.5. The summed E-state index contributed by atoms with van der Waals surface area (Å²) in [5.41, 5.74) is 20.0. The fourth-order valence-corrected chi connectivity index (χ4v) is 1.47. The van der Waals surface area contributed by atoms with Crippen LogP contribution in [0.2, 0.25) is 0 Å². The number of nitrogens with two attached hydrogens (primary N) is 3. The molecule has 0 unspecified atom stereocenters. The van der Waals surface area contributed by atoms with Gasteiger partial charge in [-0.15, -0.1) is 37.2 Å². The molecular formula is C13H18Cl3N3O. The Hall–Kier alpha value is -1.49. The van der Waals surface area contributed by atoms with Crippen LogP contribution < -0.4 is 21.9 Å². The van der Waals surface area contributed by atoms with Crippen LogP contribution in [0.1, 0.15) is 5.56 Å². The molecule has 2 rings (SSSR count). The third-order valence-corrected chi connectivity index (χ3v) is 2.51. The van der Waals surface area contributed by atoms with E-state index >= 15 is 0 Å². The van der Waals surface area contributed by atoms with Crippen LogP contribution in [0.3, 0.4) is 0 Å². The summed E-state index contributed by atoms with van der Waals surface area (Å²) in [5, 5.41) is 0. The zero-order valence-corrected chi connectivity index (χ0v) is 13.3. The molecule has 4 nitrogen and oxygen atoms in total. The summed E-state index contributed by atoms with van der Waals surface area (Å²) < 4.78 is 5.64. The van der Waals surface area contributed by atoms with Gasteiger partial charge in [0.05, 0.1) is 5.69 Å². The molecule has 2 aromatic carbocycles. The van der Waals surface area contributed by atoms with Gasteiger partial charge in [0.25, 0.3) is 0 Å². The Balaban J connectivity index is 0. The second kappa shape index (κ2) is 8.64.